The second kappa shape index (κ2) is 4.30. The molecule has 0 saturated heterocycles. The number of allylic oxidation sites excluding steroid dienone is 1. The van der Waals surface area contributed by atoms with Gasteiger partial charge in [-0.2, -0.15) is 0 Å². The molecular weight excluding hydrogens is 188 g/mol. The Morgan fingerprint density at radius 1 is 1.47 bits per heavy atom. The van der Waals surface area contributed by atoms with E-state index >= 15 is 0 Å². The highest BCUT2D eigenvalue weighted by atomic mass is 16.3. The third-order valence-corrected chi connectivity index (χ3v) is 2.48. The van der Waals surface area contributed by atoms with Crippen LogP contribution in [0.3, 0.4) is 0 Å². The second-order valence-electron chi connectivity index (χ2n) is 4.26. The SMILES string of the molecule is C=CC(=O)C(C)(C)Cc1ccccc1O. The average Bonchev–Trinajstić information content (AvgIpc) is 2.20. The molecule has 0 spiro atoms. The fourth-order valence-corrected chi connectivity index (χ4v) is 1.50. The van der Waals surface area contributed by atoms with E-state index in [0.29, 0.717) is 6.42 Å². The Morgan fingerprint density at radius 2 is 2.07 bits per heavy atom. The molecule has 1 N–H and O–H groups in total. The van der Waals surface area contributed by atoms with Crippen molar-refractivity contribution >= 4 is 5.78 Å². The van der Waals surface area contributed by atoms with E-state index in [1.807, 2.05) is 26.0 Å². The lowest BCUT2D eigenvalue weighted by Crippen LogP contribution is -2.24. The first kappa shape index (κ1) is 11.5. The van der Waals surface area contributed by atoms with Gasteiger partial charge in [-0.1, -0.05) is 38.6 Å². The van der Waals surface area contributed by atoms with E-state index in [1.54, 1.807) is 12.1 Å². The van der Waals surface area contributed by atoms with E-state index < -0.39 is 5.41 Å². The number of hydrogen-bond acceptors (Lipinski definition) is 2. The van der Waals surface area contributed by atoms with Crippen molar-refractivity contribution in [3.63, 3.8) is 0 Å². The fraction of sp³-hybridized carbons (Fsp3) is 0.308. The first-order valence-corrected chi connectivity index (χ1v) is 4.91. The lowest BCUT2D eigenvalue weighted by molar-refractivity contribution is -0.122. The van der Waals surface area contributed by atoms with Gasteiger partial charge in [0.1, 0.15) is 5.75 Å². The van der Waals surface area contributed by atoms with Crippen molar-refractivity contribution in [2.24, 2.45) is 5.41 Å². The Kier molecular flexibility index (Phi) is 3.30. The summed E-state index contributed by atoms with van der Waals surface area (Å²) in [4.78, 5) is 11.5. The Labute approximate surface area is 90.3 Å². The van der Waals surface area contributed by atoms with Crippen LogP contribution in [0.5, 0.6) is 5.75 Å². The van der Waals surface area contributed by atoms with Gasteiger partial charge in [0.25, 0.3) is 0 Å². The van der Waals surface area contributed by atoms with Crippen molar-refractivity contribution in [1.29, 1.82) is 0 Å². The van der Waals surface area contributed by atoms with Gasteiger partial charge in [-0.05, 0) is 24.1 Å². The molecule has 0 saturated carbocycles. The number of carbonyl (C=O) groups excluding carboxylic acids is 1. The molecule has 0 atom stereocenters. The minimum atomic E-state index is -0.513. The molecule has 0 bridgehead atoms. The minimum Gasteiger partial charge on any atom is -0.508 e. The van der Waals surface area contributed by atoms with E-state index in [0.717, 1.165) is 5.56 Å². The average molecular weight is 204 g/mol. The first-order chi connectivity index (χ1) is 6.97. The number of hydrogen-bond donors (Lipinski definition) is 1. The predicted molar refractivity (Wildman–Crippen MR) is 60.8 cm³/mol. The van der Waals surface area contributed by atoms with Crippen LogP contribution in [-0.4, -0.2) is 10.9 Å². The molecule has 0 heterocycles. The number of aromatic hydroxyl groups is 1. The molecule has 0 aromatic heterocycles. The Hall–Kier alpha value is -1.57. The summed E-state index contributed by atoms with van der Waals surface area (Å²) in [6.07, 6.45) is 1.85. The van der Waals surface area contributed by atoms with Crippen molar-refractivity contribution < 1.29 is 9.90 Å². The van der Waals surface area contributed by atoms with Crippen molar-refractivity contribution in [2.45, 2.75) is 20.3 Å². The molecule has 0 fully saturated rings. The van der Waals surface area contributed by atoms with E-state index in [9.17, 15) is 9.90 Å². The maximum atomic E-state index is 11.5. The zero-order valence-corrected chi connectivity index (χ0v) is 9.16. The molecule has 1 aromatic rings. The van der Waals surface area contributed by atoms with Crippen LogP contribution in [0.15, 0.2) is 36.9 Å². The third kappa shape index (κ3) is 2.69. The van der Waals surface area contributed by atoms with E-state index in [4.69, 9.17) is 0 Å². The predicted octanol–water partition coefficient (Wildman–Crippen LogP) is 2.72. The van der Waals surface area contributed by atoms with Gasteiger partial charge in [0.05, 0.1) is 0 Å². The highest BCUT2D eigenvalue weighted by molar-refractivity contribution is 5.94. The van der Waals surface area contributed by atoms with Gasteiger partial charge in [0.2, 0.25) is 0 Å². The molecule has 15 heavy (non-hydrogen) atoms. The van der Waals surface area contributed by atoms with Crippen molar-refractivity contribution in [3.05, 3.63) is 42.5 Å². The van der Waals surface area contributed by atoms with Gasteiger partial charge >= 0.3 is 0 Å². The van der Waals surface area contributed by atoms with Crippen molar-refractivity contribution in [2.75, 3.05) is 0 Å². The van der Waals surface area contributed by atoms with Gasteiger partial charge < -0.3 is 5.11 Å². The molecule has 80 valence electrons. The summed E-state index contributed by atoms with van der Waals surface area (Å²) in [5.41, 5.74) is 0.276. The molecule has 0 unspecified atom stereocenters. The lowest BCUT2D eigenvalue weighted by atomic mass is 9.81. The van der Waals surface area contributed by atoms with Crippen LogP contribution in [0.2, 0.25) is 0 Å². The molecule has 2 heteroatoms. The number of para-hydroxylation sites is 1. The lowest BCUT2D eigenvalue weighted by Gasteiger charge is -2.21. The van der Waals surface area contributed by atoms with Crippen LogP contribution >= 0.6 is 0 Å². The number of phenolic OH excluding ortho intramolecular Hbond substituents is 1. The fourth-order valence-electron chi connectivity index (χ4n) is 1.50. The quantitative estimate of drug-likeness (QED) is 0.766. The topological polar surface area (TPSA) is 37.3 Å². The molecule has 0 aliphatic carbocycles. The monoisotopic (exact) mass is 204 g/mol. The summed E-state index contributed by atoms with van der Waals surface area (Å²) < 4.78 is 0. The van der Waals surface area contributed by atoms with E-state index in [1.165, 1.54) is 6.08 Å². The maximum absolute atomic E-state index is 11.5. The Balaban J connectivity index is 2.91. The summed E-state index contributed by atoms with van der Waals surface area (Å²) in [6, 6.07) is 7.07. The smallest absolute Gasteiger partial charge is 0.161 e. The number of ketones is 1. The molecule has 0 aliphatic heterocycles. The van der Waals surface area contributed by atoms with Crippen LogP contribution in [0.4, 0.5) is 0 Å². The third-order valence-electron chi connectivity index (χ3n) is 2.48. The summed E-state index contributed by atoms with van der Waals surface area (Å²) in [6.45, 7) is 7.18. The van der Waals surface area contributed by atoms with Crippen LogP contribution in [0.25, 0.3) is 0 Å². The van der Waals surface area contributed by atoms with E-state index in [-0.39, 0.29) is 11.5 Å². The molecule has 0 aliphatic rings. The zero-order chi connectivity index (χ0) is 11.5. The van der Waals surface area contributed by atoms with E-state index in [2.05, 4.69) is 6.58 Å². The van der Waals surface area contributed by atoms with Crippen molar-refractivity contribution in [1.82, 2.24) is 0 Å². The van der Waals surface area contributed by atoms with Gasteiger partial charge in [0, 0.05) is 5.41 Å². The number of benzene rings is 1. The largest absolute Gasteiger partial charge is 0.508 e. The van der Waals surface area contributed by atoms with Crippen LogP contribution < -0.4 is 0 Å². The Bertz CT molecular complexity index is 378. The summed E-state index contributed by atoms with van der Waals surface area (Å²) in [5, 5.41) is 9.59. The minimum absolute atomic E-state index is 0.00856. The maximum Gasteiger partial charge on any atom is 0.161 e. The van der Waals surface area contributed by atoms with Crippen LogP contribution in [0.1, 0.15) is 19.4 Å². The Morgan fingerprint density at radius 3 is 2.60 bits per heavy atom. The van der Waals surface area contributed by atoms with Gasteiger partial charge in [0.15, 0.2) is 5.78 Å². The number of carbonyl (C=O) groups is 1. The van der Waals surface area contributed by atoms with Gasteiger partial charge in [-0.25, -0.2) is 0 Å². The standard InChI is InChI=1S/C13H16O2/c1-4-12(15)13(2,3)9-10-7-5-6-8-11(10)14/h4-8,14H,1,9H2,2-3H3. The summed E-state index contributed by atoms with van der Waals surface area (Å²) in [7, 11) is 0. The van der Waals surface area contributed by atoms with Gasteiger partial charge in [-0.3, -0.25) is 4.79 Å². The molecular formula is C13H16O2. The van der Waals surface area contributed by atoms with Crippen LogP contribution in [0, 0.1) is 5.41 Å². The summed E-state index contributed by atoms with van der Waals surface area (Å²) in [5.74, 6) is 0.230. The van der Waals surface area contributed by atoms with Gasteiger partial charge in [-0.15, -0.1) is 0 Å². The number of phenols is 1. The normalized spacial score (nSPS) is 11.1. The molecule has 0 radical (unpaired) electrons. The van der Waals surface area contributed by atoms with Crippen molar-refractivity contribution in [3.8, 4) is 5.75 Å². The molecule has 2 nitrogen and oxygen atoms in total. The highest BCUT2D eigenvalue weighted by Gasteiger charge is 2.26. The van der Waals surface area contributed by atoms with Crippen LogP contribution in [-0.2, 0) is 11.2 Å². The molecule has 1 rings (SSSR count). The molecule has 1 aromatic carbocycles. The summed E-state index contributed by atoms with van der Waals surface area (Å²) >= 11 is 0. The first-order valence-electron chi connectivity index (χ1n) is 4.91. The number of rotatable bonds is 4. The highest BCUT2D eigenvalue weighted by Crippen LogP contribution is 2.27. The molecule has 0 amide bonds. The zero-order valence-electron chi connectivity index (χ0n) is 9.16. The second-order valence-corrected chi connectivity index (χ2v) is 4.26.